The molecule has 0 aliphatic heterocycles. The standard InChI is InChI=1S/C30H33Cl2N6O3.HI.Po/c1-2-3-4-27(39)35-16-20-5-7-21(8-6-20)18-38(19-22-9-14-25(31)26(32)15-22)28(40)17-36-30(41)37-24-12-10-23(11-13-24)29(33)34;;/h5-15H,1-4,16-19H2,(H3,33,34)(H,35,39)(H2,36,37,41);1H;/q;;+1/p-1. The van der Waals surface area contributed by atoms with Crippen LogP contribution in [-0.4, -0.2) is 54.5 Å². The Hall–Kier alpha value is -2.45. The summed E-state index contributed by atoms with van der Waals surface area (Å²) in [5, 5.41) is 16.5. The first-order chi connectivity index (χ1) is 20.6. The minimum atomic E-state index is -0.544. The first kappa shape index (κ1) is 35.0. The van der Waals surface area contributed by atoms with Crippen LogP contribution in [0.15, 0.2) is 66.7 Å². The predicted octanol–water partition coefficient (Wildman–Crippen LogP) is 5.89. The SMILES string of the molecule is N=C(N)c1ccc(NC(=O)NCC(=O)N(Cc2ccc(CNC(=O)CCC[CH2][Po][I])cc2)Cc2ccc(Cl)c(Cl)c2)cc1. The summed E-state index contributed by atoms with van der Waals surface area (Å²) >= 11 is 14.6. The molecule has 0 radical (unpaired) electrons. The van der Waals surface area contributed by atoms with Crippen molar-refractivity contribution in [2.45, 2.75) is 43.0 Å². The number of benzene rings is 3. The van der Waals surface area contributed by atoms with Gasteiger partial charge in [-0.25, -0.2) is 4.79 Å². The number of hydrogen-bond acceptors (Lipinski definition) is 4. The van der Waals surface area contributed by atoms with Gasteiger partial charge in [0.2, 0.25) is 5.91 Å². The Balaban J connectivity index is 1.60. The number of urea groups is 1. The van der Waals surface area contributed by atoms with Gasteiger partial charge in [-0.2, -0.15) is 0 Å². The maximum Gasteiger partial charge on any atom is 0.0595 e. The zero-order valence-electron chi connectivity index (χ0n) is 23.3. The molecule has 43 heavy (non-hydrogen) atoms. The summed E-state index contributed by atoms with van der Waals surface area (Å²) < 4.78 is 1.29. The fraction of sp³-hybridized carbons (Fsp3) is 0.267. The molecule has 0 bridgehead atoms. The first-order valence-corrected chi connectivity index (χ1v) is 25.4. The molecule has 6 N–H and O–H groups in total. The topological polar surface area (TPSA) is 140 Å². The van der Waals surface area contributed by atoms with Crippen molar-refractivity contribution >= 4 is 89.9 Å². The number of carbonyl (C=O) groups excluding carboxylic acids is 3. The fourth-order valence-corrected chi connectivity index (χ4v) is 8.25. The van der Waals surface area contributed by atoms with Crippen molar-refractivity contribution < 1.29 is 14.4 Å². The minimum absolute atomic E-state index is 0.0607. The van der Waals surface area contributed by atoms with Crippen LogP contribution >= 0.6 is 41.2 Å². The van der Waals surface area contributed by atoms with Crippen molar-refractivity contribution in [3.8, 4) is 0 Å². The minimum Gasteiger partial charge on any atom is -0.0827 e. The summed E-state index contributed by atoms with van der Waals surface area (Å²) in [6, 6.07) is 18.9. The molecular weight excluding hydrogens is 899 g/mol. The molecule has 0 unspecified atom stereocenters. The Kier molecular flexibility index (Phi) is 15.0. The van der Waals surface area contributed by atoms with Crippen molar-refractivity contribution in [3.05, 3.63) is 99.0 Å². The molecule has 0 saturated carbocycles. The van der Waals surface area contributed by atoms with Crippen LogP contribution in [0.1, 0.15) is 41.5 Å². The van der Waals surface area contributed by atoms with Crippen LogP contribution in [0.3, 0.4) is 0 Å². The van der Waals surface area contributed by atoms with Gasteiger partial charge in [-0.1, -0.05) is 29.3 Å². The number of nitrogens with two attached hydrogens (primary N) is 1. The fourth-order valence-electron chi connectivity index (χ4n) is 3.98. The Morgan fingerprint density at radius 2 is 1.51 bits per heavy atom. The van der Waals surface area contributed by atoms with E-state index in [0.29, 0.717) is 40.8 Å². The molecule has 0 aliphatic carbocycles. The molecule has 0 aromatic heterocycles. The monoisotopic (exact) mass is 931 g/mol. The normalized spacial score (nSPS) is 10.6. The van der Waals surface area contributed by atoms with Gasteiger partial charge in [-0.15, -0.1) is 0 Å². The Morgan fingerprint density at radius 1 is 0.860 bits per heavy atom. The molecule has 0 atom stereocenters. The summed E-state index contributed by atoms with van der Waals surface area (Å²) in [6.45, 7) is 0.764. The first-order valence-electron chi connectivity index (χ1n) is 13.4. The van der Waals surface area contributed by atoms with Gasteiger partial charge >= 0.3 is 131 Å². The van der Waals surface area contributed by atoms with E-state index in [4.69, 9.17) is 34.3 Å². The van der Waals surface area contributed by atoms with Gasteiger partial charge in [0.15, 0.2) is 0 Å². The van der Waals surface area contributed by atoms with Crippen LogP contribution in [0, 0.1) is 5.41 Å². The second kappa shape index (κ2) is 18.4. The number of amidine groups is 1. The Bertz CT molecular complexity index is 1410. The molecule has 4 amide bonds. The van der Waals surface area contributed by atoms with Gasteiger partial charge in [0.25, 0.3) is 0 Å². The van der Waals surface area contributed by atoms with Crippen LogP contribution in [0.2, 0.25) is 14.1 Å². The van der Waals surface area contributed by atoms with E-state index in [2.05, 4.69) is 33.9 Å². The molecule has 0 aliphatic rings. The average Bonchev–Trinajstić information content (AvgIpc) is 2.99. The largest absolute Gasteiger partial charge is 0.0827 e. The number of nitrogens with zero attached hydrogens (tertiary/aromatic N) is 1. The molecule has 13 heteroatoms. The number of hydrogen-bond donors (Lipinski definition) is 5. The average molecular weight is 932 g/mol. The smallest absolute Gasteiger partial charge is 0.0595 e. The molecule has 0 heterocycles. The van der Waals surface area contributed by atoms with Gasteiger partial charge in [-0.05, 0) is 42.0 Å². The number of carbonyl (C=O) groups is 3. The molecule has 3 aromatic carbocycles. The summed E-state index contributed by atoms with van der Waals surface area (Å²) in [6.07, 6.45) is 2.61. The third-order valence-corrected chi connectivity index (χ3v) is 12.7. The molecule has 0 saturated heterocycles. The van der Waals surface area contributed by atoms with Crippen LogP contribution in [0.4, 0.5) is 10.5 Å². The van der Waals surface area contributed by atoms with Crippen LogP contribution in [0.25, 0.3) is 0 Å². The summed E-state index contributed by atoms with van der Waals surface area (Å²) in [7, 11) is 0. The van der Waals surface area contributed by atoms with Crippen molar-refractivity contribution in [1.29, 1.82) is 5.41 Å². The summed E-state index contributed by atoms with van der Waals surface area (Å²) in [4.78, 5) is 39.5. The van der Waals surface area contributed by atoms with E-state index >= 15 is 0 Å². The molecular formula is C30H33Cl2IN6O3Po. The van der Waals surface area contributed by atoms with E-state index in [-0.39, 0.29) is 50.1 Å². The van der Waals surface area contributed by atoms with E-state index in [9.17, 15) is 14.4 Å². The quantitative estimate of drug-likeness (QED) is 0.0562. The van der Waals surface area contributed by atoms with E-state index < -0.39 is 6.03 Å². The number of halogens is 3. The zero-order valence-corrected chi connectivity index (χ0v) is 30.1. The number of anilines is 1. The molecule has 0 spiro atoms. The summed E-state index contributed by atoms with van der Waals surface area (Å²) in [5.41, 5.74) is 9.15. The number of amides is 4. The van der Waals surface area contributed by atoms with E-state index in [1.54, 1.807) is 47.4 Å². The predicted molar refractivity (Wildman–Crippen MR) is 182 cm³/mol. The van der Waals surface area contributed by atoms with Crippen LogP contribution in [-0.2, 0) is 29.2 Å². The van der Waals surface area contributed by atoms with Gasteiger partial charge in [-0.3, -0.25) is 10.2 Å². The van der Waals surface area contributed by atoms with Crippen LogP contribution < -0.4 is 21.7 Å². The third kappa shape index (κ3) is 12.6. The van der Waals surface area contributed by atoms with Crippen molar-refractivity contribution in [1.82, 2.24) is 15.5 Å². The molecule has 0 fully saturated rings. The number of unbranched alkanes of at least 4 members (excludes halogenated alkanes) is 1. The second-order valence-corrected chi connectivity index (χ2v) is 18.4. The molecule has 228 valence electrons. The number of nitrogen functional groups attached to an aromatic ring is 1. The van der Waals surface area contributed by atoms with E-state index in [1.165, 1.54) is 4.08 Å². The maximum absolute atomic E-state index is 13.3. The van der Waals surface area contributed by atoms with Crippen molar-refractivity contribution in [2.24, 2.45) is 5.73 Å². The van der Waals surface area contributed by atoms with Gasteiger partial charge < -0.3 is 21.3 Å². The van der Waals surface area contributed by atoms with E-state index in [1.807, 2.05) is 24.3 Å². The van der Waals surface area contributed by atoms with Crippen LogP contribution in [0.5, 0.6) is 0 Å². The van der Waals surface area contributed by atoms with Gasteiger partial charge in [0.1, 0.15) is 5.84 Å². The zero-order chi connectivity index (χ0) is 31.2. The third-order valence-electron chi connectivity index (χ3n) is 6.33. The molecule has 3 aromatic rings. The molecule has 9 nitrogen and oxygen atoms in total. The van der Waals surface area contributed by atoms with E-state index in [0.717, 1.165) is 29.5 Å². The van der Waals surface area contributed by atoms with Crippen molar-refractivity contribution in [3.63, 3.8) is 0 Å². The Labute approximate surface area is 282 Å². The Morgan fingerprint density at radius 3 is 2.16 bits per heavy atom. The van der Waals surface area contributed by atoms with Gasteiger partial charge in [0, 0.05) is 17.8 Å². The second-order valence-electron chi connectivity index (χ2n) is 9.66. The maximum atomic E-state index is 13.3. The van der Waals surface area contributed by atoms with Gasteiger partial charge in [0.05, 0.1) is 16.6 Å². The van der Waals surface area contributed by atoms with Crippen molar-refractivity contribution in [2.75, 3.05) is 11.9 Å². The number of nitrogens with one attached hydrogen (secondary N) is 4. The molecule has 3 rings (SSSR count). The summed E-state index contributed by atoms with van der Waals surface area (Å²) in [5.74, 6) is -0.305. The number of rotatable bonds is 15.